The summed E-state index contributed by atoms with van der Waals surface area (Å²) < 4.78 is 2.35. The van der Waals surface area contributed by atoms with Crippen molar-refractivity contribution in [2.45, 2.75) is 29.7 Å². The fraction of sp³-hybridized carbons (Fsp3) is 0.176. The van der Waals surface area contributed by atoms with Crippen molar-refractivity contribution in [2.75, 3.05) is 0 Å². The Kier molecular flexibility index (Phi) is 3.34. The van der Waals surface area contributed by atoms with E-state index in [1.165, 1.54) is 20.7 Å². The number of hydrogen-bond acceptors (Lipinski definition) is 1. The summed E-state index contributed by atoms with van der Waals surface area (Å²) in [7, 11) is 0. The Hall–Kier alpha value is -1.67. The summed E-state index contributed by atoms with van der Waals surface area (Å²) in [5, 5.41) is 1.34. The molecule has 0 atom stereocenters. The highest BCUT2D eigenvalue weighted by Gasteiger charge is 2.10. The molecule has 0 saturated heterocycles. The van der Waals surface area contributed by atoms with Gasteiger partial charge in [0.25, 0.3) is 0 Å². The van der Waals surface area contributed by atoms with Gasteiger partial charge in [-0.15, -0.1) is 0 Å². The maximum Gasteiger partial charge on any atom is 0.0494 e. The molecule has 3 aromatic rings. The van der Waals surface area contributed by atoms with Gasteiger partial charge in [0.1, 0.15) is 0 Å². The quantitative estimate of drug-likeness (QED) is 0.617. The van der Waals surface area contributed by atoms with E-state index in [0.29, 0.717) is 6.04 Å². The van der Waals surface area contributed by atoms with Gasteiger partial charge in [-0.05, 0) is 32.0 Å². The van der Waals surface area contributed by atoms with Crippen LogP contribution >= 0.6 is 11.8 Å². The Labute approximate surface area is 118 Å². The molecule has 0 aliphatic rings. The molecule has 0 amide bonds. The van der Waals surface area contributed by atoms with E-state index in [1.807, 2.05) is 11.8 Å². The Bertz CT molecular complexity index is 683. The standard InChI is InChI=1S/C17H17NS/c1-13(2)18-12-17(15-10-6-7-11-16(15)18)19-14-8-4-3-5-9-14/h3-13H,1-2H3. The number of rotatable bonds is 3. The lowest BCUT2D eigenvalue weighted by molar-refractivity contribution is 0.620. The molecule has 0 spiro atoms. The monoisotopic (exact) mass is 267 g/mol. The first-order valence-corrected chi connectivity index (χ1v) is 7.40. The Morgan fingerprint density at radius 3 is 2.32 bits per heavy atom. The van der Waals surface area contributed by atoms with Crippen molar-refractivity contribution in [1.29, 1.82) is 0 Å². The fourth-order valence-corrected chi connectivity index (χ4v) is 3.29. The fourth-order valence-electron chi connectivity index (χ4n) is 2.30. The molecule has 0 unspecified atom stereocenters. The van der Waals surface area contributed by atoms with Gasteiger partial charge in [0.2, 0.25) is 0 Å². The Morgan fingerprint density at radius 1 is 0.895 bits per heavy atom. The molecule has 1 nitrogen and oxygen atoms in total. The summed E-state index contributed by atoms with van der Waals surface area (Å²) in [5.41, 5.74) is 1.32. The van der Waals surface area contributed by atoms with Gasteiger partial charge in [0.15, 0.2) is 0 Å². The molecule has 19 heavy (non-hydrogen) atoms. The van der Waals surface area contributed by atoms with Gasteiger partial charge in [0, 0.05) is 32.9 Å². The first-order chi connectivity index (χ1) is 9.25. The summed E-state index contributed by atoms with van der Waals surface area (Å²) in [6.07, 6.45) is 2.27. The van der Waals surface area contributed by atoms with Crippen molar-refractivity contribution in [3.8, 4) is 0 Å². The molecule has 0 aliphatic carbocycles. The molecule has 1 aromatic heterocycles. The number of para-hydroxylation sites is 1. The average molecular weight is 267 g/mol. The molecule has 0 saturated carbocycles. The van der Waals surface area contributed by atoms with Gasteiger partial charge in [-0.25, -0.2) is 0 Å². The van der Waals surface area contributed by atoms with E-state index in [4.69, 9.17) is 0 Å². The number of benzene rings is 2. The van der Waals surface area contributed by atoms with Crippen molar-refractivity contribution in [3.05, 3.63) is 60.8 Å². The molecule has 3 rings (SSSR count). The van der Waals surface area contributed by atoms with E-state index in [1.54, 1.807) is 0 Å². The maximum absolute atomic E-state index is 2.35. The predicted molar refractivity (Wildman–Crippen MR) is 82.9 cm³/mol. The molecule has 0 aliphatic heterocycles. The number of nitrogens with zero attached hydrogens (tertiary/aromatic N) is 1. The molecule has 96 valence electrons. The molecule has 0 fully saturated rings. The maximum atomic E-state index is 2.35. The molecule has 1 heterocycles. The first kappa shape index (κ1) is 12.4. The molecule has 0 N–H and O–H groups in total. The second kappa shape index (κ2) is 5.14. The minimum atomic E-state index is 0.482. The summed E-state index contributed by atoms with van der Waals surface area (Å²) in [5.74, 6) is 0. The highest BCUT2D eigenvalue weighted by atomic mass is 32.2. The third kappa shape index (κ3) is 2.41. The molecule has 0 radical (unpaired) electrons. The van der Waals surface area contributed by atoms with E-state index in [0.717, 1.165) is 0 Å². The van der Waals surface area contributed by atoms with Crippen LogP contribution in [-0.4, -0.2) is 4.57 Å². The molecule has 2 heteroatoms. The van der Waals surface area contributed by atoms with Crippen LogP contribution < -0.4 is 0 Å². The SMILES string of the molecule is CC(C)n1cc(Sc2ccccc2)c2ccccc21. The second-order valence-corrected chi connectivity index (χ2v) is 6.04. The minimum absolute atomic E-state index is 0.482. The van der Waals surface area contributed by atoms with Crippen LogP contribution in [0.1, 0.15) is 19.9 Å². The second-order valence-electron chi connectivity index (χ2n) is 4.93. The zero-order chi connectivity index (χ0) is 13.2. The zero-order valence-electron chi connectivity index (χ0n) is 11.2. The van der Waals surface area contributed by atoms with E-state index in [2.05, 4.69) is 79.2 Å². The summed E-state index contributed by atoms with van der Waals surface area (Å²) in [6, 6.07) is 19.7. The lowest BCUT2D eigenvalue weighted by Crippen LogP contribution is -1.97. The van der Waals surface area contributed by atoms with Gasteiger partial charge in [-0.1, -0.05) is 48.2 Å². The van der Waals surface area contributed by atoms with Crippen molar-refractivity contribution < 1.29 is 0 Å². The number of hydrogen-bond donors (Lipinski definition) is 0. The van der Waals surface area contributed by atoms with Crippen LogP contribution in [0, 0.1) is 0 Å². The van der Waals surface area contributed by atoms with E-state index in [9.17, 15) is 0 Å². The van der Waals surface area contributed by atoms with Crippen molar-refractivity contribution in [1.82, 2.24) is 4.57 Å². The van der Waals surface area contributed by atoms with Crippen LogP contribution in [0.4, 0.5) is 0 Å². The topological polar surface area (TPSA) is 4.93 Å². The number of aromatic nitrogens is 1. The summed E-state index contributed by atoms with van der Waals surface area (Å²) in [6.45, 7) is 4.45. The Morgan fingerprint density at radius 2 is 1.58 bits per heavy atom. The molecule has 2 aromatic carbocycles. The van der Waals surface area contributed by atoms with Gasteiger partial charge in [-0.3, -0.25) is 0 Å². The lowest BCUT2D eigenvalue weighted by Gasteiger charge is -2.08. The van der Waals surface area contributed by atoms with Crippen LogP contribution in [0.5, 0.6) is 0 Å². The number of fused-ring (bicyclic) bond motifs is 1. The van der Waals surface area contributed by atoms with Crippen LogP contribution in [0.3, 0.4) is 0 Å². The molecular weight excluding hydrogens is 250 g/mol. The van der Waals surface area contributed by atoms with Gasteiger partial charge < -0.3 is 4.57 Å². The normalized spacial score (nSPS) is 11.3. The van der Waals surface area contributed by atoms with Crippen molar-refractivity contribution >= 4 is 22.7 Å². The predicted octanol–water partition coefficient (Wildman–Crippen LogP) is 5.37. The van der Waals surface area contributed by atoms with Crippen LogP contribution in [0.15, 0.2) is 70.6 Å². The summed E-state index contributed by atoms with van der Waals surface area (Å²) >= 11 is 1.83. The van der Waals surface area contributed by atoms with Crippen molar-refractivity contribution in [3.63, 3.8) is 0 Å². The third-order valence-electron chi connectivity index (χ3n) is 3.23. The third-order valence-corrected chi connectivity index (χ3v) is 4.28. The first-order valence-electron chi connectivity index (χ1n) is 6.58. The van der Waals surface area contributed by atoms with Gasteiger partial charge in [0.05, 0.1) is 0 Å². The summed E-state index contributed by atoms with van der Waals surface area (Å²) in [4.78, 5) is 2.62. The largest absolute Gasteiger partial charge is 0.344 e. The average Bonchev–Trinajstić information content (AvgIpc) is 2.79. The van der Waals surface area contributed by atoms with E-state index < -0.39 is 0 Å². The van der Waals surface area contributed by atoms with Crippen LogP contribution in [0.25, 0.3) is 10.9 Å². The van der Waals surface area contributed by atoms with E-state index >= 15 is 0 Å². The van der Waals surface area contributed by atoms with Crippen LogP contribution in [0.2, 0.25) is 0 Å². The zero-order valence-corrected chi connectivity index (χ0v) is 12.0. The van der Waals surface area contributed by atoms with Crippen LogP contribution in [-0.2, 0) is 0 Å². The van der Waals surface area contributed by atoms with E-state index in [-0.39, 0.29) is 0 Å². The smallest absolute Gasteiger partial charge is 0.0494 e. The van der Waals surface area contributed by atoms with Crippen molar-refractivity contribution in [2.24, 2.45) is 0 Å². The molecular formula is C17H17NS. The Balaban J connectivity index is 2.09. The minimum Gasteiger partial charge on any atom is -0.344 e. The highest BCUT2D eigenvalue weighted by Crippen LogP contribution is 2.35. The highest BCUT2D eigenvalue weighted by molar-refractivity contribution is 7.99. The lowest BCUT2D eigenvalue weighted by atomic mass is 10.2. The van der Waals surface area contributed by atoms with Gasteiger partial charge in [-0.2, -0.15) is 0 Å². The molecule has 0 bridgehead atoms. The van der Waals surface area contributed by atoms with Gasteiger partial charge >= 0.3 is 0 Å².